The highest BCUT2D eigenvalue weighted by Crippen LogP contribution is 2.45. The molecule has 0 amide bonds. The van der Waals surface area contributed by atoms with Gasteiger partial charge in [0.05, 0.1) is 0 Å². The molecule has 1 fully saturated rings. The molecule has 0 atom stereocenters. The molecule has 21 heavy (non-hydrogen) atoms. The van der Waals surface area contributed by atoms with E-state index in [0.717, 1.165) is 6.54 Å². The maximum absolute atomic E-state index is 6.56. The van der Waals surface area contributed by atoms with Gasteiger partial charge in [0, 0.05) is 6.54 Å². The summed E-state index contributed by atoms with van der Waals surface area (Å²) in [4.78, 5) is 0. The average Bonchev–Trinajstić information content (AvgIpc) is 2.75. The lowest BCUT2D eigenvalue weighted by atomic mass is 9.83. The van der Waals surface area contributed by atoms with E-state index in [9.17, 15) is 0 Å². The zero-order chi connectivity index (χ0) is 14.5. The van der Waals surface area contributed by atoms with Crippen molar-refractivity contribution < 1.29 is 4.74 Å². The van der Waals surface area contributed by atoms with Crippen LogP contribution >= 0.6 is 0 Å². The van der Waals surface area contributed by atoms with Crippen molar-refractivity contribution in [3.63, 3.8) is 0 Å². The fraction of sp³-hybridized carbons (Fsp3) is 0.263. The van der Waals surface area contributed by atoms with Crippen LogP contribution in [0.15, 0.2) is 48.5 Å². The molecule has 106 valence electrons. The number of hydrogen-bond acceptors (Lipinski definition) is 2. The van der Waals surface area contributed by atoms with E-state index < -0.39 is 5.60 Å². The van der Waals surface area contributed by atoms with Gasteiger partial charge in [-0.25, -0.2) is 0 Å². The Bertz CT molecular complexity index is 680. The third-order valence-electron chi connectivity index (χ3n) is 4.43. The lowest BCUT2D eigenvalue weighted by Crippen LogP contribution is -2.34. The van der Waals surface area contributed by atoms with Gasteiger partial charge in [0.25, 0.3) is 0 Å². The van der Waals surface area contributed by atoms with Crippen LogP contribution in [0.5, 0.6) is 0 Å². The van der Waals surface area contributed by atoms with Gasteiger partial charge < -0.3 is 4.74 Å². The van der Waals surface area contributed by atoms with Gasteiger partial charge in [-0.3, -0.25) is 5.32 Å². The van der Waals surface area contributed by atoms with Crippen molar-refractivity contribution in [1.82, 2.24) is 5.32 Å². The maximum atomic E-state index is 6.56. The quantitative estimate of drug-likeness (QED) is 0.791. The third kappa shape index (κ3) is 1.87. The van der Waals surface area contributed by atoms with Crippen LogP contribution in [0.2, 0.25) is 0 Å². The highest BCUT2D eigenvalue weighted by molar-refractivity contribution is 5.77. The summed E-state index contributed by atoms with van der Waals surface area (Å²) in [6.45, 7) is 4.96. The van der Waals surface area contributed by atoms with Gasteiger partial charge in [-0.1, -0.05) is 60.7 Å². The molecule has 2 heteroatoms. The van der Waals surface area contributed by atoms with Gasteiger partial charge >= 0.3 is 0 Å². The van der Waals surface area contributed by atoms with Gasteiger partial charge in [0.15, 0.2) is 0 Å². The highest BCUT2D eigenvalue weighted by Gasteiger charge is 2.48. The Kier molecular flexibility index (Phi) is 2.62. The Hall–Kier alpha value is -1.90. The molecule has 2 aliphatic rings. The van der Waals surface area contributed by atoms with Crippen LogP contribution in [0.4, 0.5) is 0 Å². The molecule has 1 aliphatic carbocycles. The van der Waals surface area contributed by atoms with Crippen LogP contribution in [-0.2, 0) is 10.3 Å². The Morgan fingerprint density at radius 1 is 0.857 bits per heavy atom. The van der Waals surface area contributed by atoms with Gasteiger partial charge in [0.2, 0.25) is 0 Å². The normalized spacial score (nSPS) is 20.9. The lowest BCUT2D eigenvalue weighted by molar-refractivity contribution is -0.0696. The predicted molar refractivity (Wildman–Crippen MR) is 85.8 cm³/mol. The minimum Gasteiger partial charge on any atom is -0.344 e. The largest absolute Gasteiger partial charge is 0.344 e. The van der Waals surface area contributed by atoms with E-state index in [1.165, 1.54) is 22.3 Å². The van der Waals surface area contributed by atoms with Crippen LogP contribution < -0.4 is 5.32 Å². The summed E-state index contributed by atoms with van der Waals surface area (Å²) in [5, 5.41) is 3.52. The van der Waals surface area contributed by atoms with Crippen LogP contribution in [0.3, 0.4) is 0 Å². The predicted octanol–water partition coefficient (Wildman–Crippen LogP) is 3.77. The summed E-state index contributed by atoms with van der Waals surface area (Å²) in [5.41, 5.74) is 4.19. The molecule has 0 bridgehead atoms. The van der Waals surface area contributed by atoms with E-state index in [4.69, 9.17) is 4.74 Å². The molecule has 1 heterocycles. The fourth-order valence-electron chi connectivity index (χ4n) is 3.49. The molecule has 4 rings (SSSR count). The summed E-state index contributed by atoms with van der Waals surface area (Å²) in [6.07, 6.45) is 4.38. The number of nitrogens with one attached hydrogen (secondary N) is 1. The summed E-state index contributed by atoms with van der Waals surface area (Å²) in [6, 6.07) is 17.0. The van der Waals surface area contributed by atoms with Crippen LogP contribution in [0, 0.1) is 0 Å². The van der Waals surface area contributed by atoms with Crippen molar-refractivity contribution in [3.05, 3.63) is 70.8 Å². The third-order valence-corrected chi connectivity index (χ3v) is 4.43. The topological polar surface area (TPSA) is 21.3 Å². The van der Waals surface area contributed by atoms with E-state index in [0.29, 0.717) is 0 Å². The number of hydrogen-bond donors (Lipinski definition) is 1. The van der Waals surface area contributed by atoms with Crippen LogP contribution in [0.1, 0.15) is 36.1 Å². The van der Waals surface area contributed by atoms with Gasteiger partial charge in [-0.15, -0.1) is 0 Å². The SMILES string of the molecule is CC1(C)NCC2(O1)c1ccccc1C=Cc1ccccc12. The standard InChI is InChI=1S/C19H19NO/c1-18(2)20-13-19(21-18)16-9-5-3-7-14(16)11-12-15-8-4-6-10-17(15)19/h3-12,20H,13H2,1-2H3. The Morgan fingerprint density at radius 3 is 1.86 bits per heavy atom. The molecule has 0 aromatic heterocycles. The first-order valence-corrected chi connectivity index (χ1v) is 7.43. The molecular formula is C19H19NO. The van der Waals surface area contributed by atoms with Crippen LogP contribution in [-0.4, -0.2) is 12.3 Å². The molecule has 1 aliphatic heterocycles. The Morgan fingerprint density at radius 2 is 1.38 bits per heavy atom. The van der Waals surface area contributed by atoms with Crippen molar-refractivity contribution in [2.24, 2.45) is 0 Å². The van der Waals surface area contributed by atoms with Gasteiger partial charge in [-0.05, 0) is 36.1 Å². The van der Waals surface area contributed by atoms with Crippen molar-refractivity contribution >= 4 is 12.2 Å². The number of benzene rings is 2. The number of ether oxygens (including phenoxy) is 1. The molecule has 0 radical (unpaired) electrons. The molecule has 1 spiro atoms. The summed E-state index contributed by atoms with van der Waals surface area (Å²) in [7, 11) is 0. The summed E-state index contributed by atoms with van der Waals surface area (Å²) in [5.74, 6) is 0. The second-order valence-electron chi connectivity index (χ2n) is 6.30. The van der Waals surface area contributed by atoms with E-state index >= 15 is 0 Å². The van der Waals surface area contributed by atoms with Crippen molar-refractivity contribution in [2.75, 3.05) is 6.54 Å². The molecule has 2 aromatic carbocycles. The zero-order valence-electron chi connectivity index (χ0n) is 12.4. The maximum Gasteiger partial charge on any atom is 0.134 e. The molecule has 0 unspecified atom stereocenters. The second kappa shape index (κ2) is 4.30. The average molecular weight is 277 g/mol. The van der Waals surface area contributed by atoms with E-state index in [1.807, 2.05) is 0 Å². The van der Waals surface area contributed by atoms with E-state index in [2.05, 4.69) is 79.8 Å². The fourth-order valence-corrected chi connectivity index (χ4v) is 3.49. The van der Waals surface area contributed by atoms with Crippen molar-refractivity contribution in [1.29, 1.82) is 0 Å². The molecule has 2 aromatic rings. The Labute approximate surface area is 125 Å². The van der Waals surface area contributed by atoms with E-state index in [-0.39, 0.29) is 5.72 Å². The second-order valence-corrected chi connectivity index (χ2v) is 6.30. The summed E-state index contributed by atoms with van der Waals surface area (Å²) < 4.78 is 6.56. The summed E-state index contributed by atoms with van der Waals surface area (Å²) >= 11 is 0. The minimum absolute atomic E-state index is 0.329. The molecule has 1 N–H and O–H groups in total. The van der Waals surface area contributed by atoms with Gasteiger partial charge in [-0.2, -0.15) is 0 Å². The van der Waals surface area contributed by atoms with Crippen molar-refractivity contribution in [2.45, 2.75) is 25.2 Å². The monoisotopic (exact) mass is 277 g/mol. The smallest absolute Gasteiger partial charge is 0.134 e. The zero-order valence-corrected chi connectivity index (χ0v) is 12.4. The molecule has 0 saturated carbocycles. The first kappa shape index (κ1) is 12.8. The molecule has 2 nitrogen and oxygen atoms in total. The van der Waals surface area contributed by atoms with E-state index in [1.54, 1.807) is 0 Å². The lowest BCUT2D eigenvalue weighted by Gasteiger charge is -2.33. The minimum atomic E-state index is -0.416. The Balaban J connectivity index is 2.03. The first-order valence-electron chi connectivity index (χ1n) is 7.43. The van der Waals surface area contributed by atoms with Gasteiger partial charge in [0.1, 0.15) is 11.3 Å². The van der Waals surface area contributed by atoms with Crippen LogP contribution in [0.25, 0.3) is 12.2 Å². The first-order chi connectivity index (χ1) is 10.1. The molecular weight excluding hydrogens is 258 g/mol. The molecule has 1 saturated heterocycles. The highest BCUT2D eigenvalue weighted by atomic mass is 16.5. The number of rotatable bonds is 0. The number of fused-ring (bicyclic) bond motifs is 4. The van der Waals surface area contributed by atoms with Crippen molar-refractivity contribution in [3.8, 4) is 0 Å².